The smallest absolute Gasteiger partial charge is 0.264 e. The molecule has 3 aromatic carbocycles. The second-order valence-electron chi connectivity index (χ2n) is 11.0. The van der Waals surface area contributed by atoms with Crippen LogP contribution in [0.4, 0.5) is 5.69 Å². The summed E-state index contributed by atoms with van der Waals surface area (Å²) in [4.78, 5) is 29.2. The van der Waals surface area contributed by atoms with Gasteiger partial charge in [0, 0.05) is 12.6 Å². The molecule has 224 valence electrons. The molecule has 0 aromatic heterocycles. The molecule has 2 amide bonds. The van der Waals surface area contributed by atoms with Gasteiger partial charge in [0.1, 0.15) is 18.3 Å². The van der Waals surface area contributed by atoms with E-state index in [0.717, 1.165) is 48.8 Å². The van der Waals surface area contributed by atoms with E-state index < -0.39 is 28.5 Å². The van der Waals surface area contributed by atoms with Crippen molar-refractivity contribution in [2.24, 2.45) is 0 Å². The lowest BCUT2D eigenvalue weighted by Crippen LogP contribution is -2.53. The molecule has 0 bridgehead atoms. The summed E-state index contributed by atoms with van der Waals surface area (Å²) in [6.07, 6.45) is 5.13. The van der Waals surface area contributed by atoms with Crippen molar-refractivity contribution in [3.05, 3.63) is 89.5 Å². The normalized spacial score (nSPS) is 14.6. The quantitative estimate of drug-likeness (QED) is 0.323. The largest absolute Gasteiger partial charge is 0.497 e. The SMILES string of the molecule is COc1ccc(CN(C(=O)CN(c2cc(C)ccc2C)S(=O)(=O)c2ccccc2)C(C)C(=O)NC2CCCCC2)cc1. The third kappa shape index (κ3) is 7.50. The zero-order valence-corrected chi connectivity index (χ0v) is 25.7. The lowest BCUT2D eigenvalue weighted by Gasteiger charge is -2.33. The summed E-state index contributed by atoms with van der Waals surface area (Å²) in [5, 5.41) is 3.13. The summed E-state index contributed by atoms with van der Waals surface area (Å²) < 4.78 is 34.5. The minimum absolute atomic E-state index is 0.0801. The van der Waals surface area contributed by atoms with Gasteiger partial charge in [0.2, 0.25) is 11.8 Å². The van der Waals surface area contributed by atoms with Crippen molar-refractivity contribution in [1.82, 2.24) is 10.2 Å². The number of methoxy groups -OCH3 is 1. The number of sulfonamides is 1. The number of hydrogen-bond acceptors (Lipinski definition) is 5. The maximum Gasteiger partial charge on any atom is 0.264 e. The van der Waals surface area contributed by atoms with Crippen LogP contribution in [0.3, 0.4) is 0 Å². The van der Waals surface area contributed by atoms with Crippen molar-refractivity contribution in [3.63, 3.8) is 0 Å². The molecule has 0 spiro atoms. The average molecular weight is 592 g/mol. The number of rotatable bonds is 11. The van der Waals surface area contributed by atoms with Gasteiger partial charge in [-0.3, -0.25) is 13.9 Å². The number of anilines is 1. The van der Waals surface area contributed by atoms with Crippen LogP contribution in [-0.2, 0) is 26.2 Å². The topological polar surface area (TPSA) is 96.0 Å². The van der Waals surface area contributed by atoms with E-state index in [1.807, 2.05) is 38.1 Å². The van der Waals surface area contributed by atoms with E-state index in [1.165, 1.54) is 21.3 Å². The van der Waals surface area contributed by atoms with E-state index in [2.05, 4.69) is 5.32 Å². The summed E-state index contributed by atoms with van der Waals surface area (Å²) in [5.74, 6) is -0.0414. The molecule has 3 aromatic rings. The first-order valence-electron chi connectivity index (χ1n) is 14.5. The van der Waals surface area contributed by atoms with Crippen LogP contribution in [0.5, 0.6) is 5.75 Å². The van der Waals surface area contributed by atoms with Crippen LogP contribution in [0.1, 0.15) is 55.7 Å². The second-order valence-corrected chi connectivity index (χ2v) is 12.9. The van der Waals surface area contributed by atoms with Gasteiger partial charge in [-0.1, -0.05) is 61.7 Å². The lowest BCUT2D eigenvalue weighted by molar-refractivity contribution is -0.139. The predicted molar refractivity (Wildman–Crippen MR) is 165 cm³/mol. The van der Waals surface area contributed by atoms with Crippen LogP contribution in [0, 0.1) is 13.8 Å². The number of ether oxygens (including phenoxy) is 1. The Morgan fingerprint density at radius 2 is 1.62 bits per heavy atom. The summed E-state index contributed by atoms with van der Waals surface area (Å²) in [6.45, 7) is 5.08. The van der Waals surface area contributed by atoms with Gasteiger partial charge in [-0.2, -0.15) is 0 Å². The van der Waals surface area contributed by atoms with Crippen LogP contribution in [0.15, 0.2) is 77.7 Å². The van der Waals surface area contributed by atoms with Crippen molar-refractivity contribution in [1.29, 1.82) is 0 Å². The first-order chi connectivity index (χ1) is 20.1. The maximum atomic E-state index is 14.2. The zero-order chi connectivity index (χ0) is 30.3. The van der Waals surface area contributed by atoms with E-state index in [4.69, 9.17) is 4.74 Å². The highest BCUT2D eigenvalue weighted by molar-refractivity contribution is 7.92. The first-order valence-corrected chi connectivity index (χ1v) is 15.9. The number of benzene rings is 3. The highest BCUT2D eigenvalue weighted by atomic mass is 32.2. The van der Waals surface area contributed by atoms with E-state index in [9.17, 15) is 18.0 Å². The van der Waals surface area contributed by atoms with Crippen molar-refractivity contribution >= 4 is 27.5 Å². The fourth-order valence-electron chi connectivity index (χ4n) is 5.30. The number of amides is 2. The molecule has 0 heterocycles. The number of carbonyl (C=O) groups excluding carboxylic acids is 2. The Balaban J connectivity index is 1.69. The lowest BCUT2D eigenvalue weighted by atomic mass is 9.95. The molecule has 0 aliphatic heterocycles. The van der Waals surface area contributed by atoms with Crippen molar-refractivity contribution in [2.75, 3.05) is 18.0 Å². The molecule has 1 N–H and O–H groups in total. The third-order valence-corrected chi connectivity index (χ3v) is 9.65. The van der Waals surface area contributed by atoms with Gasteiger partial charge in [-0.15, -0.1) is 0 Å². The Bertz CT molecular complexity index is 1470. The van der Waals surface area contributed by atoms with Gasteiger partial charge in [0.15, 0.2) is 0 Å². The van der Waals surface area contributed by atoms with Gasteiger partial charge >= 0.3 is 0 Å². The van der Waals surface area contributed by atoms with Crippen LogP contribution >= 0.6 is 0 Å². The Morgan fingerprint density at radius 3 is 2.26 bits per heavy atom. The molecular formula is C33H41N3O5S. The number of nitrogens with zero attached hydrogens (tertiary/aromatic N) is 2. The molecule has 1 aliphatic rings. The summed E-state index contributed by atoms with van der Waals surface area (Å²) in [5.41, 5.74) is 2.81. The number of nitrogens with one attached hydrogen (secondary N) is 1. The van der Waals surface area contributed by atoms with Gasteiger partial charge in [-0.05, 0) is 80.6 Å². The van der Waals surface area contributed by atoms with E-state index in [-0.39, 0.29) is 23.4 Å². The average Bonchev–Trinajstić information content (AvgIpc) is 3.00. The van der Waals surface area contributed by atoms with Crippen LogP contribution in [0.25, 0.3) is 0 Å². The molecule has 8 nitrogen and oxygen atoms in total. The van der Waals surface area contributed by atoms with Crippen molar-refractivity contribution in [2.45, 2.75) is 76.4 Å². The Labute approximate surface area is 249 Å². The third-order valence-electron chi connectivity index (χ3n) is 7.87. The van der Waals surface area contributed by atoms with Gasteiger partial charge in [0.05, 0.1) is 17.7 Å². The van der Waals surface area contributed by atoms with E-state index in [0.29, 0.717) is 11.4 Å². The molecule has 9 heteroatoms. The fraction of sp³-hybridized carbons (Fsp3) is 0.394. The maximum absolute atomic E-state index is 14.2. The van der Waals surface area contributed by atoms with E-state index in [1.54, 1.807) is 50.4 Å². The molecular weight excluding hydrogens is 550 g/mol. The highest BCUT2D eigenvalue weighted by Crippen LogP contribution is 2.29. The molecule has 1 unspecified atom stereocenters. The van der Waals surface area contributed by atoms with Gasteiger partial charge < -0.3 is 15.0 Å². The van der Waals surface area contributed by atoms with E-state index >= 15 is 0 Å². The van der Waals surface area contributed by atoms with Gasteiger partial charge in [0.25, 0.3) is 10.0 Å². The summed E-state index contributed by atoms with van der Waals surface area (Å²) in [6, 6.07) is 20.2. The predicted octanol–water partition coefficient (Wildman–Crippen LogP) is 5.37. The molecule has 1 atom stereocenters. The molecule has 0 saturated heterocycles. The molecule has 1 saturated carbocycles. The molecule has 1 fully saturated rings. The summed E-state index contributed by atoms with van der Waals surface area (Å²) in [7, 11) is -2.52. The second kappa shape index (κ2) is 13.9. The first kappa shape index (κ1) is 31.1. The van der Waals surface area contributed by atoms with Crippen LogP contribution in [0.2, 0.25) is 0 Å². The van der Waals surface area contributed by atoms with Gasteiger partial charge in [-0.25, -0.2) is 8.42 Å². The van der Waals surface area contributed by atoms with Crippen molar-refractivity contribution in [3.8, 4) is 5.75 Å². The number of aryl methyl sites for hydroxylation is 2. The molecule has 4 rings (SSSR count). The summed E-state index contributed by atoms with van der Waals surface area (Å²) >= 11 is 0. The minimum Gasteiger partial charge on any atom is -0.497 e. The number of hydrogen-bond donors (Lipinski definition) is 1. The fourth-order valence-corrected chi connectivity index (χ4v) is 6.79. The molecule has 0 radical (unpaired) electrons. The Hall–Kier alpha value is -3.85. The van der Waals surface area contributed by atoms with Crippen LogP contribution in [-0.4, -0.2) is 50.9 Å². The standard InChI is InChI=1S/C33H41N3O5S/c1-24-15-16-25(2)31(21-24)36(42(39,40)30-13-9-6-10-14-30)23-32(37)35(22-27-17-19-29(41-4)20-18-27)26(3)33(38)34-28-11-7-5-8-12-28/h6,9-10,13-21,26,28H,5,7-8,11-12,22-23H2,1-4H3,(H,34,38). The highest BCUT2D eigenvalue weighted by Gasteiger charge is 2.33. The Morgan fingerprint density at radius 1 is 0.952 bits per heavy atom. The molecule has 1 aliphatic carbocycles. The minimum atomic E-state index is -4.10. The van der Waals surface area contributed by atoms with Crippen LogP contribution < -0.4 is 14.4 Å². The Kier molecular flexibility index (Phi) is 10.3. The zero-order valence-electron chi connectivity index (χ0n) is 24.9. The number of carbonyl (C=O) groups is 2. The monoisotopic (exact) mass is 591 g/mol. The molecule has 42 heavy (non-hydrogen) atoms. The van der Waals surface area contributed by atoms with Crippen molar-refractivity contribution < 1.29 is 22.7 Å².